The van der Waals surface area contributed by atoms with Gasteiger partial charge in [-0.2, -0.15) is 0 Å². The molecule has 3 rings (SSSR count). The highest BCUT2D eigenvalue weighted by molar-refractivity contribution is 7.99. The summed E-state index contributed by atoms with van der Waals surface area (Å²) in [7, 11) is 0. The van der Waals surface area contributed by atoms with Gasteiger partial charge in [0.15, 0.2) is 5.54 Å². The number of thioether (sulfide) groups is 1. The summed E-state index contributed by atoms with van der Waals surface area (Å²) in [5.41, 5.74) is -3.05. The van der Waals surface area contributed by atoms with Crippen molar-refractivity contribution in [2.45, 2.75) is 70.6 Å². The van der Waals surface area contributed by atoms with E-state index in [1.807, 2.05) is 0 Å². The summed E-state index contributed by atoms with van der Waals surface area (Å²) in [6.07, 6.45) is -2.38. The van der Waals surface area contributed by atoms with Crippen molar-refractivity contribution in [1.29, 1.82) is 0 Å². The van der Waals surface area contributed by atoms with Crippen LogP contribution in [0.15, 0.2) is 23.1 Å². The van der Waals surface area contributed by atoms with Crippen LogP contribution in [-0.2, 0) is 42.9 Å². The van der Waals surface area contributed by atoms with E-state index in [9.17, 15) is 33.5 Å². The fraction of sp³-hybridized carbons (Fsp3) is 0.633. The fourth-order valence-electron chi connectivity index (χ4n) is 5.24. The summed E-state index contributed by atoms with van der Waals surface area (Å²) in [6.45, 7) is 9.71. The molecular weight excluding hydrogens is 637 g/mol. The maximum Gasteiger partial charge on any atom is 0.408 e. The van der Waals surface area contributed by atoms with Crippen LogP contribution in [-0.4, -0.2) is 71.7 Å². The molecule has 0 radical (unpaired) electrons. The number of halogens is 2. The first-order valence-corrected chi connectivity index (χ1v) is 15.7. The number of hydrogen-bond donors (Lipinski definition) is 2. The van der Waals surface area contributed by atoms with E-state index < -0.39 is 102 Å². The third kappa shape index (κ3) is 8.59. The van der Waals surface area contributed by atoms with Gasteiger partial charge in [0, 0.05) is 28.4 Å². The van der Waals surface area contributed by atoms with Crippen molar-refractivity contribution in [1.82, 2.24) is 5.32 Å². The highest BCUT2D eigenvalue weighted by Crippen LogP contribution is 2.66. The van der Waals surface area contributed by atoms with Gasteiger partial charge in [-0.25, -0.2) is 14.0 Å². The SMILES string of the molecule is CC(C)C(=O)OCOC(=O)C1[C@@H]2[C@H](O)[C@@H](CSc3ccc(F)c(Cl)c3)[C@@](NC(=O)OC(C)(C)C)(C(=O)OCOC(=O)C(C)C)[C@H]12. The molecule has 0 spiro atoms. The van der Waals surface area contributed by atoms with Crippen molar-refractivity contribution < 1.29 is 57.2 Å². The molecule has 250 valence electrons. The predicted molar refractivity (Wildman–Crippen MR) is 158 cm³/mol. The number of aliphatic hydroxyl groups excluding tert-OH is 1. The number of rotatable bonds is 12. The van der Waals surface area contributed by atoms with E-state index in [-0.39, 0.29) is 10.8 Å². The highest BCUT2D eigenvalue weighted by atomic mass is 35.5. The van der Waals surface area contributed by atoms with Crippen LogP contribution >= 0.6 is 23.4 Å². The van der Waals surface area contributed by atoms with E-state index in [0.29, 0.717) is 4.90 Å². The molecule has 2 aliphatic rings. The van der Waals surface area contributed by atoms with Gasteiger partial charge in [0.1, 0.15) is 11.4 Å². The van der Waals surface area contributed by atoms with Gasteiger partial charge in [-0.15, -0.1) is 11.8 Å². The zero-order valence-corrected chi connectivity index (χ0v) is 27.7. The van der Waals surface area contributed by atoms with Crippen molar-refractivity contribution >= 4 is 53.3 Å². The largest absolute Gasteiger partial charge is 0.444 e. The molecule has 0 bridgehead atoms. The minimum atomic E-state index is -2.06. The van der Waals surface area contributed by atoms with Crippen LogP contribution in [0.1, 0.15) is 48.5 Å². The molecule has 1 aromatic rings. The molecule has 2 N–H and O–H groups in total. The second kappa shape index (κ2) is 14.5. The van der Waals surface area contributed by atoms with Crippen molar-refractivity contribution in [3.8, 4) is 0 Å². The number of nitrogens with one attached hydrogen (secondary N) is 1. The molecule has 0 aromatic heterocycles. The maximum atomic E-state index is 14.0. The van der Waals surface area contributed by atoms with Gasteiger partial charge in [0.25, 0.3) is 0 Å². The number of benzene rings is 1. The first kappa shape index (κ1) is 36.4. The van der Waals surface area contributed by atoms with E-state index in [0.717, 1.165) is 17.8 Å². The number of esters is 4. The monoisotopic (exact) mass is 675 g/mol. The van der Waals surface area contributed by atoms with Crippen LogP contribution in [0.3, 0.4) is 0 Å². The normalized spacial score (nSPS) is 25.3. The summed E-state index contributed by atoms with van der Waals surface area (Å²) in [4.78, 5) is 64.6. The number of alkyl carbamates (subject to hydrolysis) is 1. The lowest BCUT2D eigenvalue weighted by Gasteiger charge is -2.38. The molecule has 2 fully saturated rings. The lowest BCUT2D eigenvalue weighted by atomic mass is 9.80. The fourth-order valence-corrected chi connectivity index (χ4v) is 6.68. The molecule has 2 saturated carbocycles. The zero-order chi connectivity index (χ0) is 33.9. The number of aliphatic hydroxyl groups is 1. The Labute approximate surface area is 269 Å². The predicted octanol–water partition coefficient (Wildman–Crippen LogP) is 4.09. The molecule has 1 aromatic carbocycles. The number of carbonyl (C=O) groups is 5. The molecule has 2 aliphatic carbocycles. The van der Waals surface area contributed by atoms with Gasteiger partial charge in [0.2, 0.25) is 13.6 Å². The summed E-state index contributed by atoms with van der Waals surface area (Å²) >= 11 is 7.05. The molecule has 45 heavy (non-hydrogen) atoms. The van der Waals surface area contributed by atoms with Crippen LogP contribution in [0.25, 0.3) is 0 Å². The van der Waals surface area contributed by atoms with E-state index >= 15 is 0 Å². The van der Waals surface area contributed by atoms with Gasteiger partial charge in [0.05, 0.1) is 28.9 Å². The quantitative estimate of drug-likeness (QED) is 0.141. The Bertz CT molecular complexity index is 1300. The minimum Gasteiger partial charge on any atom is -0.444 e. The summed E-state index contributed by atoms with van der Waals surface area (Å²) in [5, 5.41) is 14.0. The van der Waals surface area contributed by atoms with Crippen LogP contribution in [0.4, 0.5) is 9.18 Å². The van der Waals surface area contributed by atoms with Crippen molar-refractivity contribution in [2.24, 2.45) is 35.5 Å². The second-order valence-corrected chi connectivity index (χ2v) is 14.0. The van der Waals surface area contributed by atoms with E-state index in [1.54, 1.807) is 48.5 Å². The molecule has 1 amide bonds. The maximum absolute atomic E-state index is 14.0. The minimum absolute atomic E-state index is 0.0272. The number of ether oxygens (including phenoxy) is 5. The molecule has 15 heteroatoms. The van der Waals surface area contributed by atoms with Crippen molar-refractivity contribution in [3.63, 3.8) is 0 Å². The lowest BCUT2D eigenvalue weighted by molar-refractivity contribution is -0.177. The number of fused-ring (bicyclic) bond motifs is 1. The number of hydrogen-bond acceptors (Lipinski definition) is 12. The number of amides is 1. The highest BCUT2D eigenvalue weighted by Gasteiger charge is 2.80. The van der Waals surface area contributed by atoms with E-state index in [4.69, 9.17) is 35.3 Å². The van der Waals surface area contributed by atoms with Crippen molar-refractivity contribution in [3.05, 3.63) is 29.0 Å². The second-order valence-electron chi connectivity index (χ2n) is 12.5. The van der Waals surface area contributed by atoms with Crippen LogP contribution < -0.4 is 5.32 Å². The van der Waals surface area contributed by atoms with E-state index in [1.165, 1.54) is 12.1 Å². The van der Waals surface area contributed by atoms with Gasteiger partial charge >= 0.3 is 30.0 Å². The van der Waals surface area contributed by atoms with Gasteiger partial charge in [-0.1, -0.05) is 39.3 Å². The Morgan fingerprint density at radius 3 is 2.11 bits per heavy atom. The number of carbonyl (C=O) groups excluding carboxylic acids is 5. The first-order chi connectivity index (χ1) is 20.9. The average Bonchev–Trinajstić information content (AvgIpc) is 3.63. The third-order valence-electron chi connectivity index (χ3n) is 7.37. The van der Waals surface area contributed by atoms with Gasteiger partial charge < -0.3 is 34.1 Å². The Morgan fingerprint density at radius 1 is 1.00 bits per heavy atom. The average molecular weight is 676 g/mol. The summed E-state index contributed by atoms with van der Waals surface area (Å²) in [5.74, 6) is -8.94. The molecule has 0 heterocycles. The molecule has 0 saturated heterocycles. The molecule has 12 nitrogen and oxygen atoms in total. The first-order valence-electron chi connectivity index (χ1n) is 14.3. The van der Waals surface area contributed by atoms with Crippen LogP contribution in [0.2, 0.25) is 5.02 Å². The molecule has 1 unspecified atom stereocenters. The van der Waals surface area contributed by atoms with Crippen LogP contribution in [0.5, 0.6) is 0 Å². The van der Waals surface area contributed by atoms with Gasteiger partial charge in [-0.05, 0) is 39.0 Å². The van der Waals surface area contributed by atoms with Crippen molar-refractivity contribution in [2.75, 3.05) is 19.3 Å². The summed E-state index contributed by atoms with van der Waals surface area (Å²) < 4.78 is 39.6. The molecule has 6 atom stereocenters. The zero-order valence-electron chi connectivity index (χ0n) is 26.1. The lowest BCUT2D eigenvalue weighted by Crippen LogP contribution is -2.63. The Morgan fingerprint density at radius 2 is 1.58 bits per heavy atom. The Balaban J connectivity index is 1.96. The smallest absolute Gasteiger partial charge is 0.408 e. The third-order valence-corrected chi connectivity index (χ3v) is 8.77. The van der Waals surface area contributed by atoms with E-state index in [2.05, 4.69) is 5.32 Å². The van der Waals surface area contributed by atoms with Crippen LogP contribution in [0, 0.1) is 41.3 Å². The van der Waals surface area contributed by atoms with Gasteiger partial charge in [-0.3, -0.25) is 14.4 Å². The summed E-state index contributed by atoms with van der Waals surface area (Å²) in [6, 6.07) is 3.99. The Kier molecular flexibility index (Phi) is 11.8. The molecule has 0 aliphatic heterocycles. The molecular formula is C30H39ClFNO11S. The standard InChI is InChI=1S/C30H39ClFNO11S/c1-14(2)24(35)40-12-42-26(37)21-20-22(21)30(33-28(39)44-29(5,6)7,27(38)43-13-41-25(36)15(3)4)17(23(20)34)11-45-16-8-9-19(32)18(31)10-16/h8-10,14-15,17,20-23,34H,11-13H2,1-7H3,(H,33,39)/t17-,20+,21?,22+,23-,30+/m1/s1. The topological polar surface area (TPSA) is 164 Å². The Hall–Kier alpha value is -3.10.